The zero-order chi connectivity index (χ0) is 16.7. The van der Waals surface area contributed by atoms with Crippen molar-refractivity contribution < 1.29 is 13.2 Å². The molecule has 4 heterocycles. The second kappa shape index (κ2) is 5.76. The zero-order valence-corrected chi connectivity index (χ0v) is 13.0. The molecule has 0 aliphatic heterocycles. The molecule has 120 valence electrons. The van der Waals surface area contributed by atoms with Crippen LogP contribution in [0, 0.1) is 17.6 Å². The van der Waals surface area contributed by atoms with E-state index in [-0.39, 0.29) is 12.0 Å². The predicted molar refractivity (Wildman–Crippen MR) is 86.3 cm³/mol. The Morgan fingerprint density at radius 1 is 1.08 bits per heavy atom. The Morgan fingerprint density at radius 3 is 2.75 bits per heavy atom. The number of aromatic amines is 1. The lowest BCUT2D eigenvalue weighted by Gasteiger charge is -2.05. The van der Waals surface area contributed by atoms with Crippen molar-refractivity contribution in [1.82, 2.24) is 15.0 Å². The van der Waals surface area contributed by atoms with Gasteiger partial charge in [-0.3, -0.25) is 0 Å². The monoisotopic (exact) mass is 345 g/mol. The molecule has 0 spiro atoms. The summed E-state index contributed by atoms with van der Waals surface area (Å²) < 4.78 is 41.0. The summed E-state index contributed by atoms with van der Waals surface area (Å²) in [6.45, 7) is 0. The van der Waals surface area contributed by atoms with Crippen LogP contribution in [0.15, 0.2) is 41.5 Å². The Hall–Kier alpha value is -2.67. The van der Waals surface area contributed by atoms with E-state index >= 15 is 0 Å². The fraction of sp³-hybridized carbons (Fsp3) is 0.0588. The number of nitrogens with zero attached hydrogens (tertiary/aromatic N) is 2. The predicted octanol–water partition coefficient (Wildman–Crippen LogP) is 4.69. The summed E-state index contributed by atoms with van der Waals surface area (Å²) in [4.78, 5) is 10.4. The van der Waals surface area contributed by atoms with Gasteiger partial charge in [0.25, 0.3) is 0 Å². The first-order valence-electron chi connectivity index (χ1n) is 7.10. The number of rotatable bonds is 3. The summed E-state index contributed by atoms with van der Waals surface area (Å²) in [5, 5.41) is 4.70. The van der Waals surface area contributed by atoms with Gasteiger partial charge in [0, 0.05) is 35.3 Å². The number of fused-ring (bicyclic) bond motifs is 1. The third-order valence-corrected chi connectivity index (χ3v) is 4.55. The van der Waals surface area contributed by atoms with Gasteiger partial charge < -0.3 is 4.98 Å². The maximum absolute atomic E-state index is 13.9. The van der Waals surface area contributed by atoms with Gasteiger partial charge in [0.2, 0.25) is 5.95 Å². The highest BCUT2D eigenvalue weighted by Gasteiger charge is 2.17. The van der Waals surface area contributed by atoms with Gasteiger partial charge in [-0.1, -0.05) is 0 Å². The Balaban J connectivity index is 1.80. The number of aromatic nitrogens is 3. The molecular weight excluding hydrogens is 335 g/mol. The molecule has 7 heteroatoms. The molecule has 0 aliphatic carbocycles. The summed E-state index contributed by atoms with van der Waals surface area (Å²) in [6.07, 6.45) is 3.97. The van der Waals surface area contributed by atoms with Gasteiger partial charge in [-0.05, 0) is 34.0 Å². The van der Waals surface area contributed by atoms with Crippen molar-refractivity contribution >= 4 is 22.4 Å². The first-order valence-corrected chi connectivity index (χ1v) is 8.04. The Labute approximate surface area is 138 Å². The fourth-order valence-corrected chi connectivity index (χ4v) is 3.29. The standard InChI is InChI=1S/C17H10F3N3S/c18-14-7-21-16(20)15(19)13(14)4-11-6-23-17-12(11)3-10(5-22-17)9-1-2-24-8-9/h1-3,5-8H,4H2,(H,22,23). The smallest absolute Gasteiger partial charge is 0.249 e. The lowest BCUT2D eigenvalue weighted by molar-refractivity contribution is 0.453. The van der Waals surface area contributed by atoms with Crippen LogP contribution in [0.3, 0.4) is 0 Å². The van der Waals surface area contributed by atoms with Crippen LogP contribution >= 0.6 is 11.3 Å². The van der Waals surface area contributed by atoms with Crippen LogP contribution in [0.5, 0.6) is 0 Å². The van der Waals surface area contributed by atoms with Gasteiger partial charge in [-0.25, -0.2) is 18.7 Å². The molecule has 4 rings (SSSR count). The van der Waals surface area contributed by atoms with Crippen LogP contribution in [0.25, 0.3) is 22.2 Å². The number of nitrogens with one attached hydrogen (secondary N) is 1. The maximum Gasteiger partial charge on any atom is 0.249 e. The Kier molecular flexibility index (Phi) is 3.57. The lowest BCUT2D eigenvalue weighted by atomic mass is 10.0. The van der Waals surface area contributed by atoms with E-state index in [0.29, 0.717) is 17.4 Å². The van der Waals surface area contributed by atoms with E-state index in [1.54, 1.807) is 23.7 Å². The normalized spacial score (nSPS) is 11.3. The Morgan fingerprint density at radius 2 is 1.96 bits per heavy atom. The van der Waals surface area contributed by atoms with Crippen LogP contribution in [0.2, 0.25) is 0 Å². The van der Waals surface area contributed by atoms with Crippen molar-refractivity contribution in [2.24, 2.45) is 0 Å². The van der Waals surface area contributed by atoms with E-state index in [1.165, 1.54) is 0 Å². The minimum absolute atomic E-state index is 0.0914. The average Bonchev–Trinajstić information content (AvgIpc) is 3.24. The van der Waals surface area contributed by atoms with E-state index in [0.717, 1.165) is 16.5 Å². The highest BCUT2D eigenvalue weighted by atomic mass is 32.1. The number of thiophene rings is 1. The highest BCUT2D eigenvalue weighted by molar-refractivity contribution is 7.08. The summed E-state index contributed by atoms with van der Waals surface area (Å²) in [5.74, 6) is -3.43. The third-order valence-electron chi connectivity index (χ3n) is 3.86. The first kappa shape index (κ1) is 14.9. The molecule has 3 nitrogen and oxygen atoms in total. The quantitative estimate of drug-likeness (QED) is 0.547. The summed E-state index contributed by atoms with van der Waals surface area (Å²) in [5.41, 5.74) is 2.84. The summed E-state index contributed by atoms with van der Waals surface area (Å²) >= 11 is 1.57. The lowest BCUT2D eigenvalue weighted by Crippen LogP contribution is -2.02. The molecule has 0 radical (unpaired) electrons. The van der Waals surface area contributed by atoms with Crippen molar-refractivity contribution in [1.29, 1.82) is 0 Å². The van der Waals surface area contributed by atoms with Gasteiger partial charge in [-0.2, -0.15) is 15.7 Å². The number of hydrogen-bond acceptors (Lipinski definition) is 3. The number of hydrogen-bond donors (Lipinski definition) is 1. The van der Waals surface area contributed by atoms with Crippen LogP contribution in [0.4, 0.5) is 13.2 Å². The van der Waals surface area contributed by atoms with Crippen molar-refractivity contribution in [3.63, 3.8) is 0 Å². The maximum atomic E-state index is 13.9. The van der Waals surface area contributed by atoms with Crippen molar-refractivity contribution in [3.8, 4) is 11.1 Å². The van der Waals surface area contributed by atoms with Crippen LogP contribution in [0.1, 0.15) is 11.1 Å². The summed E-state index contributed by atoms with van der Waals surface area (Å²) in [7, 11) is 0. The molecule has 1 N–H and O–H groups in total. The van der Waals surface area contributed by atoms with Crippen LogP contribution in [-0.4, -0.2) is 15.0 Å². The molecule has 0 bridgehead atoms. The molecule has 0 fully saturated rings. The van der Waals surface area contributed by atoms with Gasteiger partial charge in [0.15, 0.2) is 5.82 Å². The summed E-state index contributed by atoms with van der Waals surface area (Å²) in [6, 6.07) is 3.88. The molecule has 0 atom stereocenters. The van der Waals surface area contributed by atoms with Crippen molar-refractivity contribution in [3.05, 3.63) is 70.2 Å². The van der Waals surface area contributed by atoms with Gasteiger partial charge in [0.1, 0.15) is 11.5 Å². The first-order chi connectivity index (χ1) is 11.6. The fourth-order valence-electron chi connectivity index (χ4n) is 2.62. The van der Waals surface area contributed by atoms with Gasteiger partial charge in [-0.15, -0.1) is 0 Å². The van der Waals surface area contributed by atoms with Gasteiger partial charge in [0.05, 0.1) is 6.20 Å². The molecule has 4 aromatic rings. The van der Waals surface area contributed by atoms with E-state index in [9.17, 15) is 13.2 Å². The minimum atomic E-state index is -1.30. The number of pyridine rings is 2. The molecule has 0 amide bonds. The molecule has 0 saturated carbocycles. The minimum Gasteiger partial charge on any atom is -0.346 e. The second-order valence-electron chi connectivity index (χ2n) is 5.31. The highest BCUT2D eigenvalue weighted by Crippen LogP contribution is 2.28. The van der Waals surface area contributed by atoms with Crippen LogP contribution in [-0.2, 0) is 6.42 Å². The molecule has 24 heavy (non-hydrogen) atoms. The van der Waals surface area contributed by atoms with E-state index < -0.39 is 17.6 Å². The second-order valence-corrected chi connectivity index (χ2v) is 6.09. The van der Waals surface area contributed by atoms with Crippen molar-refractivity contribution in [2.45, 2.75) is 6.42 Å². The van der Waals surface area contributed by atoms with E-state index in [1.807, 2.05) is 22.9 Å². The molecule has 4 aromatic heterocycles. The molecule has 0 unspecified atom stereocenters. The van der Waals surface area contributed by atoms with Gasteiger partial charge >= 0.3 is 0 Å². The number of halogens is 3. The molecule has 0 aliphatic rings. The van der Waals surface area contributed by atoms with Crippen molar-refractivity contribution in [2.75, 3.05) is 0 Å². The average molecular weight is 345 g/mol. The Bertz CT molecular complexity index is 1030. The molecule has 0 saturated heterocycles. The topological polar surface area (TPSA) is 41.6 Å². The SMILES string of the molecule is Fc1cnc(F)c(F)c1Cc1c[nH]c2ncc(-c3ccsc3)cc12. The largest absolute Gasteiger partial charge is 0.346 e. The van der Waals surface area contributed by atoms with Crippen LogP contribution < -0.4 is 0 Å². The van der Waals surface area contributed by atoms with E-state index in [2.05, 4.69) is 15.0 Å². The number of H-pyrrole nitrogens is 1. The molecular formula is C17H10F3N3S. The molecule has 0 aromatic carbocycles. The third kappa shape index (κ3) is 2.46. The zero-order valence-electron chi connectivity index (χ0n) is 12.2. The van der Waals surface area contributed by atoms with E-state index in [4.69, 9.17) is 0 Å².